The van der Waals surface area contributed by atoms with E-state index >= 15 is 0 Å². The summed E-state index contributed by atoms with van der Waals surface area (Å²) in [6, 6.07) is 6.07. The molecule has 2 heterocycles. The van der Waals surface area contributed by atoms with E-state index in [1.54, 1.807) is 0 Å². The molecule has 2 N–H and O–H groups in total. The Balaban J connectivity index is 1.83. The van der Waals surface area contributed by atoms with Crippen LogP contribution in [-0.2, 0) is 11.2 Å². The van der Waals surface area contributed by atoms with Gasteiger partial charge in [0.15, 0.2) is 0 Å². The summed E-state index contributed by atoms with van der Waals surface area (Å²) in [6.07, 6.45) is 2.07. The minimum Gasteiger partial charge on any atom is -0.385 e. The second-order valence-corrected chi connectivity index (χ2v) is 4.57. The van der Waals surface area contributed by atoms with E-state index in [1.165, 1.54) is 0 Å². The topological polar surface area (TPSA) is 50.4 Å². The van der Waals surface area contributed by atoms with E-state index in [0.717, 1.165) is 36.2 Å². The minimum atomic E-state index is 0.0267. The average Bonchev–Trinajstić information content (AvgIpc) is 2.33. The molecule has 2 aliphatic heterocycles. The Morgan fingerprint density at radius 2 is 2.29 bits per heavy atom. The van der Waals surface area contributed by atoms with Gasteiger partial charge >= 0.3 is 0 Å². The number of anilines is 1. The van der Waals surface area contributed by atoms with Gasteiger partial charge in [-0.1, -0.05) is 6.07 Å². The van der Waals surface area contributed by atoms with Gasteiger partial charge in [-0.05, 0) is 30.5 Å². The Labute approximate surface area is 100 Å². The van der Waals surface area contributed by atoms with Crippen LogP contribution in [0.15, 0.2) is 18.2 Å². The normalized spacial score (nSPS) is 18.8. The fourth-order valence-corrected chi connectivity index (χ4v) is 2.30. The summed E-state index contributed by atoms with van der Waals surface area (Å²) >= 11 is 0. The molecule has 0 atom stereocenters. The van der Waals surface area contributed by atoms with Crippen LogP contribution in [0.3, 0.4) is 0 Å². The van der Waals surface area contributed by atoms with Gasteiger partial charge in [0.25, 0.3) is 5.91 Å². The van der Waals surface area contributed by atoms with Crippen LogP contribution >= 0.6 is 0 Å². The predicted molar refractivity (Wildman–Crippen MR) is 65.3 cm³/mol. The lowest BCUT2D eigenvalue weighted by Crippen LogP contribution is -2.48. The molecule has 4 heteroatoms. The monoisotopic (exact) mass is 232 g/mol. The van der Waals surface area contributed by atoms with Gasteiger partial charge in [-0.2, -0.15) is 0 Å². The van der Waals surface area contributed by atoms with Crippen LogP contribution < -0.4 is 10.6 Å². The van der Waals surface area contributed by atoms with E-state index in [4.69, 9.17) is 4.74 Å². The minimum absolute atomic E-state index is 0.0267. The molecule has 1 aromatic rings. The fourth-order valence-electron chi connectivity index (χ4n) is 2.30. The maximum absolute atomic E-state index is 12.1. The molecule has 4 nitrogen and oxygen atoms in total. The zero-order valence-electron chi connectivity index (χ0n) is 9.66. The number of hydrogen-bond acceptors (Lipinski definition) is 3. The zero-order chi connectivity index (χ0) is 11.7. The summed E-state index contributed by atoms with van der Waals surface area (Å²) in [6.45, 7) is 2.27. The van der Waals surface area contributed by atoms with Crippen molar-refractivity contribution in [2.75, 3.05) is 25.1 Å². The van der Waals surface area contributed by atoms with Gasteiger partial charge in [0.1, 0.15) is 0 Å². The molecule has 3 rings (SSSR count). The highest BCUT2D eigenvalue weighted by Crippen LogP contribution is 2.25. The lowest BCUT2D eigenvalue weighted by molar-refractivity contribution is -0.00347. The summed E-state index contributed by atoms with van der Waals surface area (Å²) in [4.78, 5) is 12.1. The molecule has 1 amide bonds. The first-order chi connectivity index (χ1) is 8.34. The van der Waals surface area contributed by atoms with Gasteiger partial charge in [0, 0.05) is 17.8 Å². The van der Waals surface area contributed by atoms with Crippen LogP contribution in [0.25, 0.3) is 0 Å². The molecule has 1 fully saturated rings. The third-order valence-corrected chi connectivity index (χ3v) is 3.31. The maximum atomic E-state index is 12.1. The molecule has 0 aromatic heterocycles. The Kier molecular flexibility index (Phi) is 2.73. The number of ether oxygens (including phenoxy) is 1. The van der Waals surface area contributed by atoms with Crippen LogP contribution in [0.2, 0.25) is 0 Å². The molecular weight excluding hydrogens is 216 g/mol. The first kappa shape index (κ1) is 10.6. The maximum Gasteiger partial charge on any atom is 0.252 e. The van der Waals surface area contributed by atoms with E-state index in [0.29, 0.717) is 13.2 Å². The van der Waals surface area contributed by atoms with Crippen LogP contribution in [0.4, 0.5) is 5.69 Å². The molecule has 1 aromatic carbocycles. The molecule has 0 spiro atoms. The van der Waals surface area contributed by atoms with Crippen LogP contribution in [0, 0.1) is 0 Å². The summed E-state index contributed by atoms with van der Waals surface area (Å²) in [5.41, 5.74) is 3.06. The highest BCUT2D eigenvalue weighted by atomic mass is 16.5. The standard InChI is InChI=1S/C13H16N2O2/c16-13(15-9-7-17-8-9)11-3-1-5-12-10(11)4-2-6-14-12/h1,3,5,9,14H,2,4,6-8H2,(H,15,16). The number of benzene rings is 1. The van der Waals surface area contributed by atoms with Crippen molar-refractivity contribution in [1.29, 1.82) is 0 Å². The van der Waals surface area contributed by atoms with Gasteiger partial charge in [-0.15, -0.1) is 0 Å². The number of rotatable bonds is 2. The fraction of sp³-hybridized carbons (Fsp3) is 0.462. The molecular formula is C13H16N2O2. The van der Waals surface area contributed by atoms with Crippen molar-refractivity contribution in [3.63, 3.8) is 0 Å². The molecule has 1 saturated heterocycles. The Morgan fingerprint density at radius 3 is 3.06 bits per heavy atom. The summed E-state index contributed by atoms with van der Waals surface area (Å²) in [5, 5.41) is 6.33. The van der Waals surface area contributed by atoms with Crippen molar-refractivity contribution in [3.05, 3.63) is 29.3 Å². The number of carbonyl (C=O) groups excluding carboxylic acids is 1. The second-order valence-electron chi connectivity index (χ2n) is 4.57. The van der Waals surface area contributed by atoms with Crippen LogP contribution in [0.1, 0.15) is 22.3 Å². The molecule has 0 aliphatic carbocycles. The number of amides is 1. The van der Waals surface area contributed by atoms with E-state index in [-0.39, 0.29) is 11.9 Å². The lowest BCUT2D eigenvalue weighted by atomic mass is 9.97. The molecule has 0 radical (unpaired) electrons. The van der Waals surface area contributed by atoms with Crippen LogP contribution in [-0.4, -0.2) is 31.7 Å². The Bertz CT molecular complexity index is 441. The molecule has 90 valence electrons. The van der Waals surface area contributed by atoms with E-state index in [2.05, 4.69) is 10.6 Å². The first-order valence-electron chi connectivity index (χ1n) is 6.09. The number of fused-ring (bicyclic) bond motifs is 1. The quantitative estimate of drug-likeness (QED) is 0.805. The van der Waals surface area contributed by atoms with Gasteiger partial charge in [-0.25, -0.2) is 0 Å². The first-order valence-corrected chi connectivity index (χ1v) is 6.09. The highest BCUT2D eigenvalue weighted by Gasteiger charge is 2.23. The molecule has 17 heavy (non-hydrogen) atoms. The second kappa shape index (κ2) is 4.37. The Hall–Kier alpha value is -1.55. The number of nitrogens with one attached hydrogen (secondary N) is 2. The lowest BCUT2D eigenvalue weighted by Gasteiger charge is -2.28. The summed E-state index contributed by atoms with van der Waals surface area (Å²) < 4.78 is 5.06. The van der Waals surface area contributed by atoms with Crippen molar-refractivity contribution in [3.8, 4) is 0 Å². The predicted octanol–water partition coefficient (Wildman–Crippen LogP) is 1.17. The third-order valence-electron chi connectivity index (χ3n) is 3.31. The van der Waals surface area contributed by atoms with Crippen LogP contribution in [0.5, 0.6) is 0 Å². The van der Waals surface area contributed by atoms with E-state index in [1.807, 2.05) is 18.2 Å². The van der Waals surface area contributed by atoms with Gasteiger partial charge in [-0.3, -0.25) is 4.79 Å². The molecule has 2 aliphatic rings. The van der Waals surface area contributed by atoms with Gasteiger partial charge in [0.05, 0.1) is 19.3 Å². The highest BCUT2D eigenvalue weighted by molar-refractivity contribution is 5.97. The smallest absolute Gasteiger partial charge is 0.252 e. The largest absolute Gasteiger partial charge is 0.385 e. The molecule has 0 saturated carbocycles. The summed E-state index contributed by atoms with van der Waals surface area (Å²) in [7, 11) is 0. The SMILES string of the molecule is O=C(NC1COC1)c1cccc2c1CCCN2. The van der Waals surface area contributed by atoms with Crippen molar-refractivity contribution in [2.24, 2.45) is 0 Å². The molecule has 0 bridgehead atoms. The third kappa shape index (κ3) is 2.00. The zero-order valence-corrected chi connectivity index (χ0v) is 9.66. The van der Waals surface area contributed by atoms with Gasteiger partial charge in [0.2, 0.25) is 0 Å². The average molecular weight is 232 g/mol. The number of hydrogen-bond donors (Lipinski definition) is 2. The van der Waals surface area contributed by atoms with E-state index in [9.17, 15) is 4.79 Å². The van der Waals surface area contributed by atoms with Crippen molar-refractivity contribution in [2.45, 2.75) is 18.9 Å². The molecule has 0 unspecified atom stereocenters. The van der Waals surface area contributed by atoms with Crippen molar-refractivity contribution >= 4 is 11.6 Å². The van der Waals surface area contributed by atoms with Crippen molar-refractivity contribution in [1.82, 2.24) is 5.32 Å². The van der Waals surface area contributed by atoms with E-state index < -0.39 is 0 Å². The number of carbonyl (C=O) groups is 1. The van der Waals surface area contributed by atoms with Gasteiger partial charge < -0.3 is 15.4 Å². The Morgan fingerprint density at radius 1 is 1.41 bits per heavy atom. The summed E-state index contributed by atoms with van der Waals surface area (Å²) in [5.74, 6) is 0.0267. The van der Waals surface area contributed by atoms with Crippen molar-refractivity contribution < 1.29 is 9.53 Å².